The van der Waals surface area contributed by atoms with Gasteiger partial charge in [0.05, 0.1) is 0 Å². The summed E-state index contributed by atoms with van der Waals surface area (Å²) in [5.74, 6) is 0.863. The minimum absolute atomic E-state index is 0.0567. The molecule has 0 aliphatic carbocycles. The molecule has 0 radical (unpaired) electrons. The Labute approximate surface area is 192 Å². The van der Waals surface area contributed by atoms with Crippen LogP contribution < -0.4 is 21.9 Å². The zero-order valence-electron chi connectivity index (χ0n) is 19.5. The van der Waals surface area contributed by atoms with E-state index in [9.17, 15) is 14.7 Å². The monoisotopic (exact) mass is 452 g/mol. The molecule has 2 aromatic heterocycles. The molecule has 1 aliphatic heterocycles. The Balaban J connectivity index is 1.83. The molecule has 1 aromatic carbocycles. The summed E-state index contributed by atoms with van der Waals surface area (Å²) in [7, 11) is 1.66. The van der Waals surface area contributed by atoms with Crippen LogP contribution >= 0.6 is 0 Å². The number of nitrogens with zero attached hydrogens (tertiary/aromatic N) is 5. The summed E-state index contributed by atoms with van der Waals surface area (Å²) in [4.78, 5) is 33.6. The number of piperidine rings is 1. The van der Waals surface area contributed by atoms with Crippen molar-refractivity contribution in [3.8, 4) is 5.75 Å². The number of aromatic nitrogens is 4. The lowest BCUT2D eigenvalue weighted by molar-refractivity contribution is 0.475. The maximum atomic E-state index is 13.6. The molecule has 9 nitrogen and oxygen atoms in total. The lowest BCUT2D eigenvalue weighted by atomic mass is 10.1. The summed E-state index contributed by atoms with van der Waals surface area (Å²) < 4.78 is 4.65. The number of hydrogen-bond acceptors (Lipinski definition) is 6. The maximum absolute atomic E-state index is 13.6. The van der Waals surface area contributed by atoms with Gasteiger partial charge in [-0.25, -0.2) is 4.79 Å². The minimum atomic E-state index is -0.389. The molecular formula is C24H32N6O3. The van der Waals surface area contributed by atoms with Crippen LogP contribution in [0.5, 0.6) is 5.75 Å². The number of phenols is 1. The van der Waals surface area contributed by atoms with Gasteiger partial charge in [0.15, 0.2) is 11.2 Å². The van der Waals surface area contributed by atoms with E-state index in [1.807, 2.05) is 18.4 Å². The van der Waals surface area contributed by atoms with Crippen molar-refractivity contribution in [1.29, 1.82) is 0 Å². The van der Waals surface area contributed by atoms with E-state index < -0.39 is 0 Å². The van der Waals surface area contributed by atoms with E-state index in [-0.39, 0.29) is 29.6 Å². The fourth-order valence-electron chi connectivity index (χ4n) is 4.34. The van der Waals surface area contributed by atoms with Gasteiger partial charge in [-0.3, -0.25) is 13.9 Å². The van der Waals surface area contributed by atoms with Crippen LogP contribution in [0.25, 0.3) is 11.2 Å². The van der Waals surface area contributed by atoms with Gasteiger partial charge in [-0.05, 0) is 50.8 Å². The van der Waals surface area contributed by atoms with Crippen molar-refractivity contribution in [3.05, 3.63) is 62.3 Å². The number of nitrogens with two attached hydrogens (primary N) is 1. The Hall–Kier alpha value is -3.33. The number of aryl methyl sites for hydroxylation is 2. The molecule has 1 saturated heterocycles. The fourth-order valence-corrected chi connectivity index (χ4v) is 4.34. The van der Waals surface area contributed by atoms with Gasteiger partial charge in [-0.1, -0.05) is 23.8 Å². The predicted octanol–water partition coefficient (Wildman–Crippen LogP) is 1.74. The van der Waals surface area contributed by atoms with Crippen molar-refractivity contribution >= 4 is 17.1 Å². The second-order valence-electron chi connectivity index (χ2n) is 9.04. The first-order valence-electron chi connectivity index (χ1n) is 11.4. The van der Waals surface area contributed by atoms with E-state index in [0.29, 0.717) is 36.6 Å². The molecule has 4 rings (SSSR count). The third-order valence-corrected chi connectivity index (χ3v) is 6.20. The quantitative estimate of drug-likeness (QED) is 0.551. The summed E-state index contributed by atoms with van der Waals surface area (Å²) >= 11 is 0. The number of benzene rings is 1. The van der Waals surface area contributed by atoms with Crippen molar-refractivity contribution in [3.63, 3.8) is 0 Å². The van der Waals surface area contributed by atoms with Crippen LogP contribution in [0.1, 0.15) is 32.3 Å². The van der Waals surface area contributed by atoms with Crippen molar-refractivity contribution < 1.29 is 5.11 Å². The Morgan fingerprint density at radius 2 is 1.94 bits per heavy atom. The van der Waals surface area contributed by atoms with E-state index >= 15 is 0 Å². The van der Waals surface area contributed by atoms with Crippen LogP contribution in [0.15, 0.2) is 45.5 Å². The van der Waals surface area contributed by atoms with Gasteiger partial charge >= 0.3 is 5.69 Å². The summed E-state index contributed by atoms with van der Waals surface area (Å²) in [6.07, 6.45) is 4.48. The Morgan fingerprint density at radius 3 is 2.61 bits per heavy atom. The highest BCUT2D eigenvalue weighted by molar-refractivity contribution is 5.74. The van der Waals surface area contributed by atoms with Gasteiger partial charge in [-0.2, -0.15) is 4.98 Å². The smallest absolute Gasteiger partial charge is 0.332 e. The zero-order chi connectivity index (χ0) is 23.7. The molecule has 3 heterocycles. The number of aromatic hydroxyl groups is 1. The van der Waals surface area contributed by atoms with E-state index in [1.54, 1.807) is 31.3 Å². The van der Waals surface area contributed by atoms with E-state index in [1.165, 1.54) is 9.13 Å². The molecule has 0 saturated carbocycles. The number of hydrogen-bond donors (Lipinski definition) is 2. The Morgan fingerprint density at radius 1 is 1.21 bits per heavy atom. The number of imidazole rings is 1. The third kappa shape index (κ3) is 4.59. The highest BCUT2D eigenvalue weighted by Crippen LogP contribution is 2.23. The average Bonchev–Trinajstić information content (AvgIpc) is 3.17. The molecule has 1 aliphatic rings. The van der Waals surface area contributed by atoms with Gasteiger partial charge < -0.3 is 20.3 Å². The highest BCUT2D eigenvalue weighted by atomic mass is 16.3. The van der Waals surface area contributed by atoms with Gasteiger partial charge in [0.2, 0.25) is 5.95 Å². The standard InChI is InChI=1S/C24H32N6O3/c1-16(2)10-13-29-20-21(26-23(29)28-12-4-5-18(25)15-28)27(3)24(33)30(22(20)32)14-11-17-6-8-19(31)9-7-17/h6-10,18,31H,4-5,11-15,25H2,1-3H3. The molecule has 3 N–H and O–H groups in total. The summed E-state index contributed by atoms with van der Waals surface area (Å²) in [5, 5.41) is 9.50. The average molecular weight is 453 g/mol. The number of anilines is 1. The summed E-state index contributed by atoms with van der Waals surface area (Å²) in [5.41, 5.74) is 8.37. The number of fused-ring (bicyclic) bond motifs is 1. The van der Waals surface area contributed by atoms with Crippen LogP contribution in [0.3, 0.4) is 0 Å². The number of allylic oxidation sites excluding steroid dienone is 2. The number of phenolic OH excluding ortho intramolecular Hbond substituents is 1. The molecule has 0 amide bonds. The first-order valence-corrected chi connectivity index (χ1v) is 11.4. The van der Waals surface area contributed by atoms with Gasteiger partial charge in [0, 0.05) is 39.3 Å². The van der Waals surface area contributed by atoms with E-state index in [0.717, 1.165) is 30.5 Å². The third-order valence-electron chi connectivity index (χ3n) is 6.20. The molecule has 1 fully saturated rings. The molecule has 0 spiro atoms. The van der Waals surface area contributed by atoms with Crippen LogP contribution in [0, 0.1) is 0 Å². The molecular weight excluding hydrogens is 420 g/mol. The summed E-state index contributed by atoms with van der Waals surface area (Å²) in [6.45, 7) is 6.24. The predicted molar refractivity (Wildman–Crippen MR) is 130 cm³/mol. The zero-order valence-corrected chi connectivity index (χ0v) is 19.5. The molecule has 176 valence electrons. The number of rotatable bonds is 6. The highest BCUT2D eigenvalue weighted by Gasteiger charge is 2.26. The van der Waals surface area contributed by atoms with Crippen LogP contribution in [0.2, 0.25) is 0 Å². The topological polar surface area (TPSA) is 111 Å². The summed E-state index contributed by atoms with van der Waals surface area (Å²) in [6, 6.07) is 6.84. The lowest BCUT2D eigenvalue weighted by Crippen LogP contribution is -2.44. The van der Waals surface area contributed by atoms with Crippen molar-refractivity contribution in [2.75, 3.05) is 18.0 Å². The molecule has 1 atom stereocenters. The van der Waals surface area contributed by atoms with Crippen molar-refractivity contribution in [1.82, 2.24) is 18.7 Å². The van der Waals surface area contributed by atoms with Crippen LogP contribution in [-0.4, -0.2) is 42.9 Å². The van der Waals surface area contributed by atoms with E-state index in [2.05, 4.69) is 11.0 Å². The molecule has 9 heteroatoms. The molecule has 3 aromatic rings. The second kappa shape index (κ2) is 9.27. The fraction of sp³-hybridized carbons (Fsp3) is 0.458. The molecule has 1 unspecified atom stereocenters. The van der Waals surface area contributed by atoms with Crippen LogP contribution in [-0.2, 0) is 26.6 Å². The largest absolute Gasteiger partial charge is 0.508 e. The first-order chi connectivity index (χ1) is 15.8. The Kier molecular flexibility index (Phi) is 6.42. The minimum Gasteiger partial charge on any atom is -0.508 e. The normalized spacial score (nSPS) is 16.4. The second-order valence-corrected chi connectivity index (χ2v) is 9.04. The Bertz CT molecular complexity index is 1290. The van der Waals surface area contributed by atoms with E-state index in [4.69, 9.17) is 10.7 Å². The maximum Gasteiger partial charge on any atom is 0.332 e. The lowest BCUT2D eigenvalue weighted by Gasteiger charge is -2.31. The molecule has 0 bridgehead atoms. The van der Waals surface area contributed by atoms with Crippen molar-refractivity contribution in [2.24, 2.45) is 12.8 Å². The van der Waals surface area contributed by atoms with Gasteiger partial charge in [0.1, 0.15) is 5.75 Å². The van der Waals surface area contributed by atoms with Gasteiger partial charge in [-0.15, -0.1) is 0 Å². The van der Waals surface area contributed by atoms with Gasteiger partial charge in [0.25, 0.3) is 5.56 Å². The first kappa shape index (κ1) is 22.8. The molecule has 33 heavy (non-hydrogen) atoms. The van der Waals surface area contributed by atoms with Crippen molar-refractivity contribution in [2.45, 2.75) is 52.2 Å². The SMILES string of the molecule is CC(C)=CCn1c(N2CCCC(N)C2)nc2c1c(=O)n(CCc1ccc(O)cc1)c(=O)n2C. The van der Waals surface area contributed by atoms with Crippen LogP contribution in [0.4, 0.5) is 5.95 Å².